The number of amides is 1. The Bertz CT molecular complexity index is 659. The summed E-state index contributed by atoms with van der Waals surface area (Å²) in [5.74, 6) is -0.450. The van der Waals surface area contributed by atoms with E-state index in [1.807, 2.05) is 30.3 Å². The van der Waals surface area contributed by atoms with Crippen molar-refractivity contribution in [3.05, 3.63) is 59.4 Å². The summed E-state index contributed by atoms with van der Waals surface area (Å²) in [4.78, 5) is 11.7. The minimum Gasteiger partial charge on any atom is -0.444 e. The number of fused-ring (bicyclic) bond motifs is 1. The van der Waals surface area contributed by atoms with Crippen LogP contribution in [0.4, 0.5) is 20.6 Å². The SMILES string of the molecule is O=C(Nc1cc2c(cc1F)CCN2)OCc1ccccc1. The number of hydrogen-bond donors (Lipinski definition) is 2. The Kier molecular flexibility index (Phi) is 3.73. The molecule has 0 radical (unpaired) electrons. The topological polar surface area (TPSA) is 50.4 Å². The van der Waals surface area contributed by atoms with E-state index >= 15 is 0 Å². The number of rotatable bonds is 3. The van der Waals surface area contributed by atoms with Gasteiger partial charge in [-0.3, -0.25) is 5.32 Å². The second-order valence-electron chi connectivity index (χ2n) is 4.85. The molecule has 21 heavy (non-hydrogen) atoms. The quantitative estimate of drug-likeness (QED) is 0.907. The third-order valence-electron chi connectivity index (χ3n) is 3.35. The monoisotopic (exact) mass is 286 g/mol. The summed E-state index contributed by atoms with van der Waals surface area (Å²) in [6.45, 7) is 0.939. The molecule has 1 heterocycles. The molecule has 2 aromatic carbocycles. The third-order valence-corrected chi connectivity index (χ3v) is 3.35. The van der Waals surface area contributed by atoms with E-state index < -0.39 is 11.9 Å². The van der Waals surface area contributed by atoms with Crippen LogP contribution in [0.15, 0.2) is 42.5 Å². The smallest absolute Gasteiger partial charge is 0.412 e. The second-order valence-corrected chi connectivity index (χ2v) is 4.85. The van der Waals surface area contributed by atoms with Crippen LogP contribution in [-0.2, 0) is 17.8 Å². The number of benzene rings is 2. The van der Waals surface area contributed by atoms with Crippen LogP contribution in [0.1, 0.15) is 11.1 Å². The van der Waals surface area contributed by atoms with E-state index in [-0.39, 0.29) is 12.3 Å². The van der Waals surface area contributed by atoms with Crippen LogP contribution in [-0.4, -0.2) is 12.6 Å². The van der Waals surface area contributed by atoms with Crippen molar-refractivity contribution < 1.29 is 13.9 Å². The van der Waals surface area contributed by atoms with Gasteiger partial charge in [0.25, 0.3) is 0 Å². The molecule has 0 aliphatic carbocycles. The summed E-state index contributed by atoms with van der Waals surface area (Å²) in [6, 6.07) is 12.4. The van der Waals surface area contributed by atoms with Gasteiger partial charge in [0.15, 0.2) is 0 Å². The van der Waals surface area contributed by atoms with Crippen LogP contribution in [0.5, 0.6) is 0 Å². The molecule has 1 aliphatic rings. The van der Waals surface area contributed by atoms with Gasteiger partial charge in [-0.2, -0.15) is 0 Å². The molecule has 0 saturated carbocycles. The summed E-state index contributed by atoms with van der Waals surface area (Å²) in [6.07, 6.45) is 0.126. The highest BCUT2D eigenvalue weighted by molar-refractivity contribution is 5.86. The minimum absolute atomic E-state index is 0.126. The normalized spacial score (nSPS) is 12.4. The summed E-state index contributed by atoms with van der Waals surface area (Å²) >= 11 is 0. The molecular formula is C16H15FN2O2. The van der Waals surface area contributed by atoms with Gasteiger partial charge < -0.3 is 10.1 Å². The standard InChI is InChI=1S/C16H15FN2O2/c17-13-8-12-6-7-18-14(12)9-15(13)19-16(20)21-10-11-4-2-1-3-5-11/h1-5,8-9,18H,6-7,10H2,(H,19,20). The van der Waals surface area contributed by atoms with Crippen LogP contribution in [0.25, 0.3) is 0 Å². The molecule has 5 heteroatoms. The van der Waals surface area contributed by atoms with Gasteiger partial charge in [0, 0.05) is 12.2 Å². The highest BCUT2D eigenvalue weighted by atomic mass is 19.1. The van der Waals surface area contributed by atoms with Crippen LogP contribution < -0.4 is 10.6 Å². The lowest BCUT2D eigenvalue weighted by Gasteiger charge is -2.10. The van der Waals surface area contributed by atoms with Gasteiger partial charge >= 0.3 is 6.09 Å². The van der Waals surface area contributed by atoms with Crippen LogP contribution in [0.3, 0.4) is 0 Å². The fourth-order valence-corrected chi connectivity index (χ4v) is 2.28. The first-order chi connectivity index (χ1) is 10.2. The predicted molar refractivity (Wildman–Crippen MR) is 78.8 cm³/mol. The zero-order chi connectivity index (χ0) is 14.7. The maximum Gasteiger partial charge on any atom is 0.412 e. The average molecular weight is 286 g/mol. The Morgan fingerprint density at radius 2 is 2.10 bits per heavy atom. The first-order valence-corrected chi connectivity index (χ1v) is 6.76. The molecule has 0 aromatic heterocycles. The molecule has 0 fully saturated rings. The van der Waals surface area contributed by atoms with Crippen molar-refractivity contribution in [2.24, 2.45) is 0 Å². The molecule has 0 atom stereocenters. The molecule has 3 rings (SSSR count). The lowest BCUT2D eigenvalue weighted by molar-refractivity contribution is 0.155. The Morgan fingerprint density at radius 1 is 1.29 bits per heavy atom. The van der Waals surface area contributed by atoms with Crippen molar-refractivity contribution in [2.75, 3.05) is 17.2 Å². The van der Waals surface area contributed by atoms with Gasteiger partial charge in [0.1, 0.15) is 12.4 Å². The van der Waals surface area contributed by atoms with E-state index in [4.69, 9.17) is 4.74 Å². The summed E-state index contributed by atoms with van der Waals surface area (Å²) < 4.78 is 18.9. The van der Waals surface area contributed by atoms with Gasteiger partial charge in [-0.15, -0.1) is 0 Å². The number of halogens is 1. The fourth-order valence-electron chi connectivity index (χ4n) is 2.28. The number of nitrogens with one attached hydrogen (secondary N) is 2. The average Bonchev–Trinajstić information content (AvgIpc) is 2.94. The fraction of sp³-hybridized carbons (Fsp3) is 0.188. The molecule has 0 spiro atoms. The van der Waals surface area contributed by atoms with Gasteiger partial charge in [-0.1, -0.05) is 30.3 Å². The summed E-state index contributed by atoms with van der Waals surface area (Å²) in [5, 5.41) is 5.57. The molecule has 2 N–H and O–H groups in total. The van der Waals surface area contributed by atoms with Gasteiger partial charge in [0.05, 0.1) is 5.69 Å². The van der Waals surface area contributed by atoms with Crippen molar-refractivity contribution in [1.29, 1.82) is 0 Å². The van der Waals surface area contributed by atoms with Crippen LogP contribution in [0.2, 0.25) is 0 Å². The highest BCUT2D eigenvalue weighted by Crippen LogP contribution is 2.28. The lowest BCUT2D eigenvalue weighted by atomic mass is 10.1. The van der Waals surface area contributed by atoms with Gasteiger partial charge in [-0.05, 0) is 29.7 Å². The van der Waals surface area contributed by atoms with Crippen molar-refractivity contribution in [3.8, 4) is 0 Å². The van der Waals surface area contributed by atoms with E-state index in [0.717, 1.165) is 29.8 Å². The molecule has 4 nitrogen and oxygen atoms in total. The molecule has 0 bridgehead atoms. The lowest BCUT2D eigenvalue weighted by Crippen LogP contribution is -2.14. The van der Waals surface area contributed by atoms with Crippen molar-refractivity contribution >= 4 is 17.5 Å². The summed E-state index contributed by atoms with van der Waals surface area (Å²) in [7, 11) is 0. The van der Waals surface area contributed by atoms with Crippen molar-refractivity contribution in [2.45, 2.75) is 13.0 Å². The van der Waals surface area contributed by atoms with E-state index in [1.165, 1.54) is 6.07 Å². The Labute approximate surface area is 121 Å². The number of carbonyl (C=O) groups excluding carboxylic acids is 1. The largest absolute Gasteiger partial charge is 0.444 e. The maximum absolute atomic E-state index is 13.9. The summed E-state index contributed by atoms with van der Waals surface area (Å²) in [5.41, 5.74) is 2.79. The number of anilines is 2. The molecule has 1 amide bonds. The first-order valence-electron chi connectivity index (χ1n) is 6.76. The number of ether oxygens (including phenoxy) is 1. The van der Waals surface area contributed by atoms with E-state index in [0.29, 0.717) is 0 Å². The Hall–Kier alpha value is -2.56. The van der Waals surface area contributed by atoms with Gasteiger partial charge in [-0.25, -0.2) is 9.18 Å². The van der Waals surface area contributed by atoms with E-state index in [1.54, 1.807) is 6.07 Å². The second kappa shape index (κ2) is 5.83. The number of hydrogen-bond acceptors (Lipinski definition) is 3. The minimum atomic E-state index is -0.671. The van der Waals surface area contributed by atoms with Crippen molar-refractivity contribution in [1.82, 2.24) is 0 Å². The predicted octanol–water partition coefficient (Wildman–Crippen LogP) is 3.54. The van der Waals surface area contributed by atoms with E-state index in [9.17, 15) is 9.18 Å². The molecule has 1 aliphatic heterocycles. The van der Waals surface area contributed by atoms with Crippen LogP contribution in [0, 0.1) is 5.82 Å². The number of carbonyl (C=O) groups is 1. The molecule has 0 saturated heterocycles. The van der Waals surface area contributed by atoms with Crippen molar-refractivity contribution in [3.63, 3.8) is 0 Å². The zero-order valence-corrected chi connectivity index (χ0v) is 11.4. The van der Waals surface area contributed by atoms with Crippen LogP contribution >= 0.6 is 0 Å². The maximum atomic E-state index is 13.9. The molecular weight excluding hydrogens is 271 g/mol. The van der Waals surface area contributed by atoms with Gasteiger partial charge in [0.2, 0.25) is 0 Å². The highest BCUT2D eigenvalue weighted by Gasteiger charge is 2.16. The zero-order valence-electron chi connectivity index (χ0n) is 11.4. The third kappa shape index (κ3) is 3.13. The van der Waals surface area contributed by atoms with E-state index in [2.05, 4.69) is 10.6 Å². The Morgan fingerprint density at radius 3 is 2.90 bits per heavy atom. The molecule has 2 aromatic rings. The molecule has 0 unspecified atom stereocenters. The Balaban J connectivity index is 1.62. The molecule has 108 valence electrons. The first kappa shape index (κ1) is 13.4.